The van der Waals surface area contributed by atoms with Gasteiger partial charge in [0.05, 0.1) is 25.3 Å². The van der Waals surface area contributed by atoms with E-state index in [9.17, 15) is 0 Å². The third-order valence-corrected chi connectivity index (χ3v) is 3.33. The number of rotatable bonds is 2. The molecule has 1 aromatic carbocycles. The van der Waals surface area contributed by atoms with Crippen molar-refractivity contribution in [3.63, 3.8) is 0 Å². The van der Waals surface area contributed by atoms with Crippen LogP contribution in [0.5, 0.6) is 0 Å². The van der Waals surface area contributed by atoms with Crippen LogP contribution in [0.3, 0.4) is 0 Å². The number of hydrogen-bond donors (Lipinski definition) is 0. The molecule has 0 atom stereocenters. The predicted molar refractivity (Wildman–Crippen MR) is 62.9 cm³/mol. The molecule has 0 radical (unpaired) electrons. The lowest BCUT2D eigenvalue weighted by Crippen LogP contribution is -2.32. The van der Waals surface area contributed by atoms with Gasteiger partial charge in [0, 0.05) is 13.1 Å². The summed E-state index contributed by atoms with van der Waals surface area (Å²) in [6.45, 7) is 3.41. The lowest BCUT2D eigenvalue weighted by molar-refractivity contribution is 0.0769. The molecule has 0 aliphatic carbocycles. The van der Waals surface area contributed by atoms with E-state index < -0.39 is 0 Å². The second-order valence-corrected chi connectivity index (χ2v) is 4.57. The molecule has 1 aromatic heterocycles. The largest absolute Gasteiger partial charge is 0.379 e. The van der Waals surface area contributed by atoms with Gasteiger partial charge in [-0.05, 0) is 12.1 Å². The van der Waals surface area contributed by atoms with Gasteiger partial charge in [-0.15, -0.1) is 14.4 Å². The Hall–Kier alpha value is -1.11. The van der Waals surface area contributed by atoms with Crippen molar-refractivity contribution in [1.82, 2.24) is 18.7 Å². The first-order chi connectivity index (χ1) is 7.92. The van der Waals surface area contributed by atoms with Crippen LogP contribution in [0.2, 0.25) is 0 Å². The molecule has 84 valence electrons. The zero-order valence-corrected chi connectivity index (χ0v) is 9.56. The normalized spacial score (nSPS) is 18.0. The maximum absolute atomic E-state index is 5.29. The molecule has 0 spiro atoms. The molecule has 16 heavy (non-hydrogen) atoms. The highest BCUT2D eigenvalue weighted by molar-refractivity contribution is 7.95. The van der Waals surface area contributed by atoms with E-state index in [2.05, 4.69) is 14.5 Å². The number of nitrogens with zero attached hydrogens (tertiary/aromatic N) is 4. The first-order valence-corrected chi connectivity index (χ1v) is 5.98. The van der Waals surface area contributed by atoms with Crippen molar-refractivity contribution < 1.29 is 4.74 Å². The van der Waals surface area contributed by atoms with Gasteiger partial charge in [0.25, 0.3) is 0 Å². The van der Waals surface area contributed by atoms with Crippen molar-refractivity contribution in [3.8, 4) is 0 Å². The fourth-order valence-electron chi connectivity index (χ4n) is 1.61. The Bertz CT molecular complexity index is 447. The fourth-order valence-corrected chi connectivity index (χ4v) is 2.38. The van der Waals surface area contributed by atoms with Crippen molar-refractivity contribution in [3.05, 3.63) is 24.3 Å². The minimum atomic E-state index is 0.786. The standard InChI is InChI=1S/C10H12N4OS/c1-2-4-10-9(3-1)11-14(12-10)16-13-5-7-15-8-6-13/h1-4H,5-8H2. The van der Waals surface area contributed by atoms with Crippen LogP contribution in [0.4, 0.5) is 0 Å². The third kappa shape index (κ3) is 2.04. The third-order valence-electron chi connectivity index (χ3n) is 2.43. The molecule has 2 aromatic rings. The highest BCUT2D eigenvalue weighted by Gasteiger charge is 2.13. The SMILES string of the molecule is c1ccc2nn(SN3CCOCC3)nc2c1. The van der Waals surface area contributed by atoms with E-state index in [0.29, 0.717) is 0 Å². The first kappa shape index (κ1) is 10.1. The molecular formula is C10H12N4OS. The molecular weight excluding hydrogens is 224 g/mol. The molecule has 0 unspecified atom stereocenters. The summed E-state index contributed by atoms with van der Waals surface area (Å²) in [5, 5.41) is 8.79. The smallest absolute Gasteiger partial charge is 0.114 e. The summed E-state index contributed by atoms with van der Waals surface area (Å²) in [7, 11) is 0. The molecule has 0 amide bonds. The summed E-state index contributed by atoms with van der Waals surface area (Å²) in [5.74, 6) is 0. The van der Waals surface area contributed by atoms with Crippen LogP contribution in [-0.2, 0) is 4.74 Å². The highest BCUT2D eigenvalue weighted by Crippen LogP contribution is 2.16. The van der Waals surface area contributed by atoms with E-state index in [1.54, 1.807) is 4.20 Å². The van der Waals surface area contributed by atoms with E-state index in [4.69, 9.17) is 4.74 Å². The highest BCUT2D eigenvalue weighted by atomic mass is 32.2. The second-order valence-electron chi connectivity index (χ2n) is 3.56. The minimum Gasteiger partial charge on any atom is -0.379 e. The number of fused-ring (bicyclic) bond motifs is 1. The van der Waals surface area contributed by atoms with Gasteiger partial charge in [-0.2, -0.15) is 0 Å². The molecule has 1 saturated heterocycles. The van der Waals surface area contributed by atoms with Crippen LogP contribution < -0.4 is 0 Å². The summed E-state index contributed by atoms with van der Waals surface area (Å²) >= 11 is 1.54. The molecule has 1 fully saturated rings. The molecule has 1 aliphatic heterocycles. The van der Waals surface area contributed by atoms with Gasteiger partial charge in [-0.1, -0.05) is 12.1 Å². The Morgan fingerprint density at radius 3 is 2.31 bits per heavy atom. The summed E-state index contributed by atoms with van der Waals surface area (Å²) in [6.07, 6.45) is 0. The van der Waals surface area contributed by atoms with Crippen LogP contribution in [-0.4, -0.2) is 45.0 Å². The van der Waals surface area contributed by atoms with E-state index in [1.807, 2.05) is 24.3 Å². The van der Waals surface area contributed by atoms with Gasteiger partial charge in [0.15, 0.2) is 0 Å². The minimum absolute atomic E-state index is 0.786. The maximum atomic E-state index is 5.29. The van der Waals surface area contributed by atoms with Gasteiger partial charge in [0.2, 0.25) is 0 Å². The molecule has 0 N–H and O–H groups in total. The van der Waals surface area contributed by atoms with Crippen molar-refractivity contribution >= 4 is 23.2 Å². The van der Waals surface area contributed by atoms with Crippen LogP contribution in [0.15, 0.2) is 24.3 Å². The summed E-state index contributed by atoms with van der Waals surface area (Å²) in [4.78, 5) is 0. The van der Waals surface area contributed by atoms with Gasteiger partial charge in [-0.3, -0.25) is 0 Å². The Kier molecular flexibility index (Phi) is 2.77. The molecule has 6 heteroatoms. The van der Waals surface area contributed by atoms with Gasteiger partial charge < -0.3 is 4.74 Å². The lowest BCUT2D eigenvalue weighted by atomic mass is 10.3. The van der Waals surface area contributed by atoms with E-state index in [1.165, 1.54) is 12.1 Å². The zero-order chi connectivity index (χ0) is 10.8. The first-order valence-electron chi connectivity index (χ1n) is 5.25. The molecule has 0 saturated carbocycles. The van der Waals surface area contributed by atoms with Gasteiger partial charge >= 0.3 is 0 Å². The fraction of sp³-hybridized carbons (Fsp3) is 0.400. The molecule has 2 heterocycles. The number of benzene rings is 1. The quantitative estimate of drug-likeness (QED) is 0.732. The number of ether oxygens (including phenoxy) is 1. The van der Waals surface area contributed by atoms with E-state index >= 15 is 0 Å². The van der Waals surface area contributed by atoms with Crippen LogP contribution in [0.1, 0.15) is 0 Å². The average molecular weight is 236 g/mol. The number of morpholine rings is 1. The Morgan fingerprint density at radius 1 is 1.06 bits per heavy atom. The van der Waals surface area contributed by atoms with E-state index in [0.717, 1.165) is 37.3 Å². The molecule has 3 rings (SSSR count). The average Bonchev–Trinajstić information content (AvgIpc) is 2.72. The van der Waals surface area contributed by atoms with Gasteiger partial charge in [-0.25, -0.2) is 4.31 Å². The van der Waals surface area contributed by atoms with Crippen molar-refractivity contribution in [2.45, 2.75) is 0 Å². The van der Waals surface area contributed by atoms with Crippen LogP contribution in [0, 0.1) is 0 Å². The summed E-state index contributed by atoms with van der Waals surface area (Å²) in [6, 6.07) is 7.89. The summed E-state index contributed by atoms with van der Waals surface area (Å²) < 4.78 is 9.18. The van der Waals surface area contributed by atoms with Crippen molar-refractivity contribution in [1.29, 1.82) is 0 Å². The topological polar surface area (TPSA) is 43.2 Å². The molecule has 5 nitrogen and oxygen atoms in total. The Morgan fingerprint density at radius 2 is 1.69 bits per heavy atom. The number of hydrogen-bond acceptors (Lipinski definition) is 5. The van der Waals surface area contributed by atoms with Crippen LogP contribution in [0.25, 0.3) is 11.0 Å². The molecule has 1 aliphatic rings. The predicted octanol–water partition coefficient (Wildman–Crippen LogP) is 1.17. The van der Waals surface area contributed by atoms with E-state index in [-0.39, 0.29) is 0 Å². The second kappa shape index (κ2) is 4.40. The Labute approximate surface area is 97.6 Å². The monoisotopic (exact) mass is 236 g/mol. The zero-order valence-electron chi connectivity index (χ0n) is 8.74. The van der Waals surface area contributed by atoms with Gasteiger partial charge in [0.1, 0.15) is 11.0 Å². The summed E-state index contributed by atoms with van der Waals surface area (Å²) in [5.41, 5.74) is 1.87. The Balaban J connectivity index is 1.78. The van der Waals surface area contributed by atoms with Crippen LogP contribution >= 0.6 is 12.1 Å². The lowest BCUT2D eigenvalue weighted by Gasteiger charge is -2.23. The number of aromatic nitrogens is 3. The van der Waals surface area contributed by atoms with Crippen molar-refractivity contribution in [2.24, 2.45) is 0 Å². The van der Waals surface area contributed by atoms with Crippen molar-refractivity contribution in [2.75, 3.05) is 26.3 Å². The molecule has 0 bridgehead atoms. The maximum Gasteiger partial charge on any atom is 0.114 e.